The van der Waals surface area contributed by atoms with Gasteiger partial charge in [0.05, 0.1) is 15.6 Å². The van der Waals surface area contributed by atoms with E-state index in [-0.39, 0.29) is 5.69 Å². The Bertz CT molecular complexity index is 954. The van der Waals surface area contributed by atoms with Crippen molar-refractivity contribution in [3.8, 4) is 0 Å². The highest BCUT2D eigenvalue weighted by Gasteiger charge is 2.21. The second-order valence-electron chi connectivity index (χ2n) is 8.07. The number of hydrogen-bond donors (Lipinski definition) is 0. The van der Waals surface area contributed by atoms with Crippen LogP contribution >= 0.6 is 15.9 Å². The molecule has 0 atom stereocenters. The van der Waals surface area contributed by atoms with Crippen molar-refractivity contribution in [1.29, 1.82) is 0 Å². The van der Waals surface area contributed by atoms with Gasteiger partial charge in [-0.15, -0.1) is 0 Å². The second kappa shape index (κ2) is 10.2. The van der Waals surface area contributed by atoms with Gasteiger partial charge < -0.3 is 9.80 Å². The van der Waals surface area contributed by atoms with Crippen LogP contribution in [-0.4, -0.2) is 59.3 Å². The van der Waals surface area contributed by atoms with Crippen LogP contribution in [-0.2, 0) is 0 Å². The normalized spacial score (nSPS) is 17.1. The molecule has 0 amide bonds. The van der Waals surface area contributed by atoms with Crippen LogP contribution in [0.4, 0.5) is 23.5 Å². The molecule has 0 unspecified atom stereocenters. The lowest BCUT2D eigenvalue weighted by atomic mass is 10.1. The summed E-state index contributed by atoms with van der Waals surface area (Å²) in [7, 11) is 1.78. The Morgan fingerprint density at radius 1 is 1.00 bits per heavy atom. The number of halogens is 1. The Hall–Kier alpha value is -2.82. The molecule has 1 aromatic carbocycles. The summed E-state index contributed by atoms with van der Waals surface area (Å²) in [5.41, 5.74) is 0.616. The number of rotatable bonds is 6. The van der Waals surface area contributed by atoms with Crippen LogP contribution in [0.3, 0.4) is 0 Å². The monoisotopic (exact) mass is 502 g/mol. The molecule has 2 aliphatic rings. The van der Waals surface area contributed by atoms with Crippen LogP contribution < -0.4 is 14.8 Å². The largest absolute Gasteiger partial charge is 0.341 e. The Balaban J connectivity index is 1.61. The SMILES string of the molecule is CN(/N=C/c1ccc(Br)c([N+](=O)[O-])c1)c1nc(N2CCCCC2)nc(N2CCCCC2)n1. The van der Waals surface area contributed by atoms with Crippen LogP contribution in [0.1, 0.15) is 44.1 Å². The molecular formula is C21H27BrN8O2. The number of aromatic nitrogens is 3. The standard InChI is InChI=1S/C21H27BrN8O2/c1-27(23-15-16-8-9-17(22)18(14-16)30(31)32)19-24-20(28-10-4-2-5-11-28)26-21(25-19)29-12-6-3-7-13-29/h8-9,14-15H,2-7,10-13H2,1H3/b23-15+. The van der Waals surface area contributed by atoms with E-state index in [0.717, 1.165) is 51.9 Å². The number of benzene rings is 1. The Morgan fingerprint density at radius 3 is 2.09 bits per heavy atom. The first-order valence-electron chi connectivity index (χ1n) is 11.0. The molecule has 10 nitrogen and oxygen atoms in total. The molecule has 11 heteroatoms. The number of nitro groups is 1. The first-order chi connectivity index (χ1) is 15.5. The van der Waals surface area contributed by atoms with Crippen molar-refractivity contribution in [2.45, 2.75) is 38.5 Å². The van der Waals surface area contributed by atoms with Gasteiger partial charge in [0.2, 0.25) is 11.9 Å². The highest BCUT2D eigenvalue weighted by molar-refractivity contribution is 9.10. The third-order valence-corrected chi connectivity index (χ3v) is 6.38. The van der Waals surface area contributed by atoms with E-state index in [2.05, 4.69) is 30.8 Å². The molecule has 0 saturated carbocycles. The van der Waals surface area contributed by atoms with E-state index in [1.54, 1.807) is 30.4 Å². The molecule has 0 aliphatic carbocycles. The summed E-state index contributed by atoms with van der Waals surface area (Å²) in [6.07, 6.45) is 8.58. The fraction of sp³-hybridized carbons (Fsp3) is 0.524. The maximum absolute atomic E-state index is 11.2. The lowest BCUT2D eigenvalue weighted by Crippen LogP contribution is -2.35. The predicted octanol–water partition coefficient (Wildman–Crippen LogP) is 3.99. The van der Waals surface area contributed by atoms with Gasteiger partial charge in [0.25, 0.3) is 11.6 Å². The summed E-state index contributed by atoms with van der Waals surface area (Å²) >= 11 is 3.21. The third-order valence-electron chi connectivity index (χ3n) is 5.71. The molecule has 32 heavy (non-hydrogen) atoms. The fourth-order valence-corrected chi connectivity index (χ4v) is 4.30. The number of piperidine rings is 2. The summed E-state index contributed by atoms with van der Waals surface area (Å²) in [5.74, 6) is 1.84. The number of hydrazone groups is 1. The predicted molar refractivity (Wildman–Crippen MR) is 129 cm³/mol. The molecule has 2 fully saturated rings. The summed E-state index contributed by atoms with van der Waals surface area (Å²) in [6.45, 7) is 3.77. The molecule has 2 saturated heterocycles. The van der Waals surface area contributed by atoms with Gasteiger partial charge in [-0.3, -0.25) is 10.1 Å². The first kappa shape index (κ1) is 22.4. The maximum Gasteiger partial charge on any atom is 0.284 e. The molecule has 0 bridgehead atoms. The molecule has 3 heterocycles. The van der Waals surface area contributed by atoms with Gasteiger partial charge in [-0.1, -0.05) is 6.07 Å². The Kier molecular flexibility index (Phi) is 7.13. The van der Waals surface area contributed by atoms with Gasteiger partial charge in [-0.2, -0.15) is 20.1 Å². The third kappa shape index (κ3) is 5.32. The number of hydrogen-bond acceptors (Lipinski definition) is 9. The maximum atomic E-state index is 11.2. The van der Waals surface area contributed by atoms with Crippen molar-refractivity contribution in [2.75, 3.05) is 48.0 Å². The summed E-state index contributed by atoms with van der Waals surface area (Å²) in [4.78, 5) is 29.4. The van der Waals surface area contributed by atoms with E-state index >= 15 is 0 Å². The number of nitro benzene ring substituents is 1. The van der Waals surface area contributed by atoms with E-state index in [0.29, 0.717) is 27.9 Å². The van der Waals surface area contributed by atoms with E-state index in [1.165, 1.54) is 18.9 Å². The van der Waals surface area contributed by atoms with Gasteiger partial charge in [0, 0.05) is 44.9 Å². The minimum atomic E-state index is -0.424. The topological polar surface area (TPSA) is 104 Å². The second-order valence-corrected chi connectivity index (χ2v) is 8.92. The molecular weight excluding hydrogens is 476 g/mol. The number of anilines is 3. The quantitative estimate of drug-likeness (QED) is 0.331. The van der Waals surface area contributed by atoms with Crippen molar-refractivity contribution in [3.05, 3.63) is 38.3 Å². The van der Waals surface area contributed by atoms with Gasteiger partial charge in [-0.05, 0) is 60.5 Å². The molecule has 0 radical (unpaired) electrons. The van der Waals surface area contributed by atoms with E-state index in [4.69, 9.17) is 15.0 Å². The van der Waals surface area contributed by atoms with Crippen molar-refractivity contribution < 1.29 is 4.92 Å². The zero-order valence-electron chi connectivity index (χ0n) is 18.2. The van der Waals surface area contributed by atoms with Crippen LogP contribution in [0, 0.1) is 10.1 Å². The van der Waals surface area contributed by atoms with Gasteiger partial charge in [0.1, 0.15) is 0 Å². The van der Waals surface area contributed by atoms with Crippen LogP contribution in [0.2, 0.25) is 0 Å². The number of nitrogens with zero attached hydrogens (tertiary/aromatic N) is 8. The smallest absolute Gasteiger partial charge is 0.284 e. The average molecular weight is 503 g/mol. The van der Waals surface area contributed by atoms with Gasteiger partial charge in [-0.25, -0.2) is 5.01 Å². The molecule has 2 aliphatic heterocycles. The van der Waals surface area contributed by atoms with Crippen molar-refractivity contribution in [3.63, 3.8) is 0 Å². The lowest BCUT2D eigenvalue weighted by Gasteiger charge is -2.30. The molecule has 0 N–H and O–H groups in total. The van der Waals surface area contributed by atoms with Crippen LogP contribution in [0.5, 0.6) is 0 Å². The average Bonchev–Trinajstić information content (AvgIpc) is 2.84. The van der Waals surface area contributed by atoms with Crippen LogP contribution in [0.25, 0.3) is 0 Å². The molecule has 4 rings (SSSR count). The molecule has 1 aromatic heterocycles. The van der Waals surface area contributed by atoms with E-state index < -0.39 is 4.92 Å². The summed E-state index contributed by atoms with van der Waals surface area (Å²) < 4.78 is 0.433. The highest BCUT2D eigenvalue weighted by atomic mass is 79.9. The van der Waals surface area contributed by atoms with E-state index in [1.807, 2.05) is 0 Å². The zero-order chi connectivity index (χ0) is 22.5. The highest BCUT2D eigenvalue weighted by Crippen LogP contribution is 2.26. The van der Waals surface area contributed by atoms with Crippen LogP contribution in [0.15, 0.2) is 27.8 Å². The molecule has 170 valence electrons. The summed E-state index contributed by atoms with van der Waals surface area (Å²) in [6, 6.07) is 4.89. The Labute approximate surface area is 195 Å². The van der Waals surface area contributed by atoms with Crippen molar-refractivity contribution >= 4 is 45.7 Å². The first-order valence-corrected chi connectivity index (χ1v) is 11.8. The van der Waals surface area contributed by atoms with E-state index in [9.17, 15) is 10.1 Å². The van der Waals surface area contributed by atoms with Crippen molar-refractivity contribution in [2.24, 2.45) is 5.10 Å². The molecule has 0 spiro atoms. The summed E-state index contributed by atoms with van der Waals surface area (Å²) in [5, 5.41) is 17.2. The molecule has 2 aromatic rings. The minimum Gasteiger partial charge on any atom is -0.341 e. The lowest BCUT2D eigenvalue weighted by molar-refractivity contribution is -0.385. The van der Waals surface area contributed by atoms with Gasteiger partial charge in [0.15, 0.2) is 0 Å². The van der Waals surface area contributed by atoms with Crippen molar-refractivity contribution in [1.82, 2.24) is 15.0 Å². The fourth-order valence-electron chi connectivity index (χ4n) is 3.91. The van der Waals surface area contributed by atoms with Gasteiger partial charge >= 0.3 is 0 Å². The zero-order valence-corrected chi connectivity index (χ0v) is 19.7. The minimum absolute atomic E-state index is 0.00321. The Morgan fingerprint density at radius 2 is 1.56 bits per heavy atom.